The van der Waals surface area contributed by atoms with E-state index in [1.807, 2.05) is 6.92 Å². The molecule has 1 aromatic carbocycles. The van der Waals surface area contributed by atoms with Crippen LogP contribution in [0.3, 0.4) is 0 Å². The second-order valence-electron chi connectivity index (χ2n) is 4.33. The highest BCUT2D eigenvalue weighted by atomic mass is 35.5. The zero-order chi connectivity index (χ0) is 13.3. The van der Waals surface area contributed by atoms with Crippen LogP contribution in [0, 0.1) is 6.92 Å². The predicted molar refractivity (Wildman–Crippen MR) is 78.2 cm³/mol. The second kappa shape index (κ2) is 6.39. The van der Waals surface area contributed by atoms with Gasteiger partial charge in [0.05, 0.1) is 18.3 Å². The van der Waals surface area contributed by atoms with Gasteiger partial charge >= 0.3 is 0 Å². The number of halogens is 2. The van der Waals surface area contributed by atoms with Gasteiger partial charge in [-0.25, -0.2) is 0 Å². The second-order valence-corrected chi connectivity index (χ2v) is 4.74. The first-order valence-corrected chi connectivity index (χ1v) is 5.97. The van der Waals surface area contributed by atoms with E-state index in [-0.39, 0.29) is 30.9 Å². The Bertz CT molecular complexity index is 640. The number of benzene rings is 1. The molecular formula is C13H15Cl2NO3. The summed E-state index contributed by atoms with van der Waals surface area (Å²) in [6.45, 7) is 1.67. The quantitative estimate of drug-likeness (QED) is 0.910. The molecule has 1 heterocycles. The van der Waals surface area contributed by atoms with E-state index in [1.165, 1.54) is 6.26 Å². The van der Waals surface area contributed by atoms with Crippen molar-refractivity contribution in [2.75, 3.05) is 6.61 Å². The zero-order valence-electron chi connectivity index (χ0n) is 10.4. The van der Waals surface area contributed by atoms with Crippen molar-refractivity contribution in [3.05, 3.63) is 44.8 Å². The van der Waals surface area contributed by atoms with E-state index in [0.717, 1.165) is 5.56 Å². The van der Waals surface area contributed by atoms with E-state index in [2.05, 4.69) is 0 Å². The van der Waals surface area contributed by atoms with E-state index in [0.29, 0.717) is 21.6 Å². The first kappa shape index (κ1) is 16.0. The van der Waals surface area contributed by atoms with Gasteiger partial charge in [0.15, 0.2) is 5.43 Å². The summed E-state index contributed by atoms with van der Waals surface area (Å²) in [4.78, 5) is 12.2. The monoisotopic (exact) mass is 303 g/mol. The Kier molecular flexibility index (Phi) is 5.38. The Hall–Kier alpha value is -1.07. The minimum absolute atomic E-state index is 0. The van der Waals surface area contributed by atoms with Crippen molar-refractivity contribution >= 4 is 35.0 Å². The van der Waals surface area contributed by atoms with Gasteiger partial charge in [-0.3, -0.25) is 4.79 Å². The van der Waals surface area contributed by atoms with Gasteiger partial charge in [0, 0.05) is 16.6 Å². The van der Waals surface area contributed by atoms with Gasteiger partial charge in [-0.2, -0.15) is 0 Å². The predicted octanol–water partition coefficient (Wildman–Crippen LogP) is 2.04. The standard InChI is InChI=1S/C13H14ClNO3.ClH/c1-7-2-12-10(4-11(7)14)13(17)8(6-18-12)3-9(15)5-16;/h2,4,6,9,16H,3,5,15H2,1H3;1H. The summed E-state index contributed by atoms with van der Waals surface area (Å²) in [5.74, 6) is 0. The lowest BCUT2D eigenvalue weighted by Crippen LogP contribution is -2.29. The number of hydrogen-bond donors (Lipinski definition) is 2. The van der Waals surface area contributed by atoms with Crippen LogP contribution in [0.1, 0.15) is 11.1 Å². The molecule has 3 N–H and O–H groups in total. The van der Waals surface area contributed by atoms with Gasteiger partial charge in [0.25, 0.3) is 0 Å². The van der Waals surface area contributed by atoms with Crippen molar-refractivity contribution in [1.82, 2.24) is 0 Å². The minimum atomic E-state index is -0.466. The van der Waals surface area contributed by atoms with Crippen molar-refractivity contribution in [2.24, 2.45) is 5.73 Å². The third kappa shape index (κ3) is 3.28. The van der Waals surface area contributed by atoms with Gasteiger partial charge in [0.2, 0.25) is 0 Å². The molecular weight excluding hydrogens is 289 g/mol. The lowest BCUT2D eigenvalue weighted by atomic mass is 10.1. The molecule has 0 fully saturated rings. The maximum atomic E-state index is 12.2. The summed E-state index contributed by atoms with van der Waals surface area (Å²) in [5.41, 5.74) is 7.27. The molecule has 0 saturated heterocycles. The van der Waals surface area contributed by atoms with Crippen molar-refractivity contribution in [2.45, 2.75) is 19.4 Å². The van der Waals surface area contributed by atoms with Gasteiger partial charge in [-0.15, -0.1) is 12.4 Å². The number of aryl methyl sites for hydroxylation is 1. The first-order chi connectivity index (χ1) is 8.52. The summed E-state index contributed by atoms with van der Waals surface area (Å²) < 4.78 is 5.41. The summed E-state index contributed by atoms with van der Waals surface area (Å²) in [6.07, 6.45) is 1.67. The van der Waals surface area contributed by atoms with Crippen molar-refractivity contribution in [3.8, 4) is 0 Å². The fraction of sp³-hybridized carbons (Fsp3) is 0.308. The SMILES string of the molecule is Cc1cc2occ(CC(N)CO)c(=O)c2cc1Cl.Cl. The van der Waals surface area contributed by atoms with Crippen molar-refractivity contribution in [3.63, 3.8) is 0 Å². The van der Waals surface area contributed by atoms with Crippen LogP contribution in [0.25, 0.3) is 11.0 Å². The smallest absolute Gasteiger partial charge is 0.195 e. The molecule has 104 valence electrons. The molecule has 1 atom stereocenters. The van der Waals surface area contributed by atoms with E-state index in [1.54, 1.807) is 12.1 Å². The fourth-order valence-corrected chi connectivity index (χ4v) is 1.94. The van der Waals surface area contributed by atoms with Crippen molar-refractivity contribution < 1.29 is 9.52 Å². The summed E-state index contributed by atoms with van der Waals surface area (Å²) >= 11 is 6.00. The third-order valence-electron chi connectivity index (χ3n) is 2.84. The molecule has 0 bridgehead atoms. The lowest BCUT2D eigenvalue weighted by molar-refractivity contribution is 0.265. The molecule has 0 radical (unpaired) electrons. The summed E-state index contributed by atoms with van der Waals surface area (Å²) in [6, 6.07) is 2.87. The maximum Gasteiger partial charge on any atom is 0.195 e. The molecule has 0 aliphatic heterocycles. The Morgan fingerprint density at radius 2 is 2.16 bits per heavy atom. The minimum Gasteiger partial charge on any atom is -0.464 e. The maximum absolute atomic E-state index is 12.2. The molecule has 0 saturated carbocycles. The molecule has 0 amide bonds. The molecule has 1 aromatic heterocycles. The molecule has 2 rings (SSSR count). The lowest BCUT2D eigenvalue weighted by Gasteiger charge is -2.08. The number of rotatable bonds is 3. The van der Waals surface area contributed by atoms with Crippen LogP contribution >= 0.6 is 24.0 Å². The van der Waals surface area contributed by atoms with Crippen molar-refractivity contribution in [1.29, 1.82) is 0 Å². The van der Waals surface area contributed by atoms with E-state index in [9.17, 15) is 4.79 Å². The number of aliphatic hydroxyl groups is 1. The Balaban J connectivity index is 0.00000180. The number of aliphatic hydroxyl groups excluding tert-OH is 1. The largest absolute Gasteiger partial charge is 0.464 e. The summed E-state index contributed by atoms with van der Waals surface area (Å²) in [7, 11) is 0. The summed E-state index contributed by atoms with van der Waals surface area (Å²) in [5, 5.41) is 9.87. The Labute approximate surface area is 121 Å². The number of hydrogen-bond acceptors (Lipinski definition) is 4. The first-order valence-electron chi connectivity index (χ1n) is 5.60. The van der Waals surface area contributed by atoms with E-state index in [4.69, 9.17) is 26.9 Å². The highest BCUT2D eigenvalue weighted by Gasteiger charge is 2.11. The highest BCUT2D eigenvalue weighted by Crippen LogP contribution is 2.21. The van der Waals surface area contributed by atoms with Crippen LogP contribution in [0.4, 0.5) is 0 Å². The molecule has 0 spiro atoms. The number of nitrogens with two attached hydrogens (primary N) is 1. The molecule has 6 heteroatoms. The fourth-order valence-electron chi connectivity index (χ4n) is 1.78. The third-order valence-corrected chi connectivity index (χ3v) is 3.25. The van der Waals surface area contributed by atoms with Crippen LogP contribution in [0.5, 0.6) is 0 Å². The van der Waals surface area contributed by atoms with E-state index < -0.39 is 6.04 Å². The van der Waals surface area contributed by atoms with Crippen LogP contribution in [-0.4, -0.2) is 17.8 Å². The molecule has 0 aliphatic carbocycles. The molecule has 1 unspecified atom stereocenters. The molecule has 4 nitrogen and oxygen atoms in total. The van der Waals surface area contributed by atoms with Gasteiger partial charge in [-0.05, 0) is 31.0 Å². The molecule has 19 heavy (non-hydrogen) atoms. The normalized spacial score (nSPS) is 12.2. The average molecular weight is 304 g/mol. The van der Waals surface area contributed by atoms with Gasteiger partial charge in [-0.1, -0.05) is 11.6 Å². The zero-order valence-corrected chi connectivity index (χ0v) is 11.9. The molecule has 0 aliphatic rings. The average Bonchev–Trinajstić information content (AvgIpc) is 2.35. The Morgan fingerprint density at radius 1 is 1.47 bits per heavy atom. The van der Waals surface area contributed by atoms with Gasteiger partial charge in [0.1, 0.15) is 5.58 Å². The van der Waals surface area contributed by atoms with Crippen LogP contribution in [-0.2, 0) is 6.42 Å². The van der Waals surface area contributed by atoms with Crippen LogP contribution in [0.2, 0.25) is 5.02 Å². The highest BCUT2D eigenvalue weighted by molar-refractivity contribution is 6.32. The van der Waals surface area contributed by atoms with Crippen LogP contribution in [0.15, 0.2) is 27.6 Å². The topological polar surface area (TPSA) is 76.5 Å². The van der Waals surface area contributed by atoms with E-state index >= 15 is 0 Å². The molecule has 2 aromatic rings. The Morgan fingerprint density at radius 3 is 2.79 bits per heavy atom. The van der Waals surface area contributed by atoms with Gasteiger partial charge < -0.3 is 15.3 Å². The van der Waals surface area contributed by atoms with Crippen LogP contribution < -0.4 is 11.2 Å². The number of fused-ring (bicyclic) bond motifs is 1.